The summed E-state index contributed by atoms with van der Waals surface area (Å²) in [5.41, 5.74) is 6.28. The van der Waals surface area contributed by atoms with Gasteiger partial charge in [0.05, 0.1) is 6.61 Å². The first-order valence-electron chi connectivity index (χ1n) is 11.7. The summed E-state index contributed by atoms with van der Waals surface area (Å²) in [5.74, 6) is 1.02. The summed E-state index contributed by atoms with van der Waals surface area (Å²) >= 11 is 0. The standard InChI is InChI=1S/C32H26O/c1-4-10-26(11-5-1)32(27-12-6-2-7-13-27,28-14-8-3-9-15-28)20-21-33-31-19-17-25-22-24-16-18-29(25)30(31)23-24/h1-19,22H,20-21,23H2. The Labute approximate surface area is 195 Å². The molecule has 0 unspecified atom stereocenters. The lowest BCUT2D eigenvalue weighted by Crippen LogP contribution is -2.31. The number of rotatable bonds is 7. The minimum absolute atomic E-state index is 0.286. The van der Waals surface area contributed by atoms with Gasteiger partial charge >= 0.3 is 0 Å². The molecular formula is C32H26O. The number of ether oxygens (including phenoxy) is 1. The van der Waals surface area contributed by atoms with Crippen LogP contribution in [-0.2, 0) is 11.8 Å². The van der Waals surface area contributed by atoms with Gasteiger partial charge in [0, 0.05) is 17.4 Å². The molecule has 1 heteroatoms. The van der Waals surface area contributed by atoms with Crippen LogP contribution in [0.3, 0.4) is 0 Å². The number of benzene rings is 5. The molecule has 2 aliphatic carbocycles. The van der Waals surface area contributed by atoms with E-state index in [-0.39, 0.29) is 5.41 Å². The Morgan fingerprint density at radius 3 is 1.73 bits per heavy atom. The highest BCUT2D eigenvalue weighted by atomic mass is 16.5. The Balaban J connectivity index is 1.40. The molecule has 0 spiro atoms. The lowest BCUT2D eigenvalue weighted by Gasteiger charge is -2.36. The fourth-order valence-electron chi connectivity index (χ4n) is 5.47. The second-order valence-electron chi connectivity index (χ2n) is 8.88. The van der Waals surface area contributed by atoms with E-state index in [2.05, 4.69) is 121 Å². The van der Waals surface area contributed by atoms with Crippen molar-refractivity contribution in [3.63, 3.8) is 0 Å². The zero-order valence-electron chi connectivity index (χ0n) is 18.6. The molecule has 0 radical (unpaired) electrons. The van der Waals surface area contributed by atoms with Gasteiger partial charge in [0.1, 0.15) is 5.75 Å². The van der Waals surface area contributed by atoms with Crippen molar-refractivity contribution in [2.75, 3.05) is 6.61 Å². The fourth-order valence-corrected chi connectivity index (χ4v) is 5.47. The van der Waals surface area contributed by atoms with Crippen molar-refractivity contribution in [1.29, 1.82) is 0 Å². The lowest BCUT2D eigenvalue weighted by molar-refractivity contribution is 0.284. The molecule has 5 aromatic rings. The second-order valence-corrected chi connectivity index (χ2v) is 8.88. The van der Waals surface area contributed by atoms with Crippen LogP contribution in [0.1, 0.15) is 34.2 Å². The molecule has 0 heterocycles. The van der Waals surface area contributed by atoms with E-state index in [0.29, 0.717) is 6.61 Å². The largest absolute Gasteiger partial charge is 0.493 e. The molecule has 160 valence electrons. The number of hydrogen-bond donors (Lipinski definition) is 0. The van der Waals surface area contributed by atoms with E-state index in [1.54, 1.807) is 0 Å². The second kappa shape index (κ2) is 8.26. The van der Waals surface area contributed by atoms with E-state index in [4.69, 9.17) is 4.74 Å². The van der Waals surface area contributed by atoms with Crippen LogP contribution in [0.5, 0.6) is 5.75 Å². The van der Waals surface area contributed by atoms with Gasteiger partial charge in [-0.1, -0.05) is 115 Å². The van der Waals surface area contributed by atoms with Crippen LogP contribution >= 0.6 is 0 Å². The predicted molar refractivity (Wildman–Crippen MR) is 136 cm³/mol. The van der Waals surface area contributed by atoms with E-state index in [9.17, 15) is 0 Å². The first-order chi connectivity index (χ1) is 16.3. The Hall–Kier alpha value is -3.84. The Bertz CT molecular complexity index is 1290. The van der Waals surface area contributed by atoms with E-state index in [0.717, 1.165) is 18.6 Å². The zero-order valence-corrected chi connectivity index (χ0v) is 18.6. The summed E-state index contributed by atoms with van der Waals surface area (Å²) in [6, 6.07) is 43.7. The maximum atomic E-state index is 6.54. The van der Waals surface area contributed by atoms with Crippen molar-refractivity contribution < 1.29 is 4.74 Å². The van der Waals surface area contributed by atoms with Crippen LogP contribution in [0.25, 0.3) is 10.8 Å². The van der Waals surface area contributed by atoms with Crippen molar-refractivity contribution in [3.05, 3.63) is 149 Å². The summed E-state index contributed by atoms with van der Waals surface area (Å²) in [7, 11) is 0. The molecule has 4 bridgehead atoms. The summed E-state index contributed by atoms with van der Waals surface area (Å²) in [4.78, 5) is 0. The molecule has 5 aromatic carbocycles. The molecule has 0 saturated heterocycles. The van der Waals surface area contributed by atoms with Gasteiger partial charge in [-0.05, 0) is 45.5 Å². The van der Waals surface area contributed by atoms with Crippen LogP contribution in [0.2, 0.25) is 0 Å². The summed E-state index contributed by atoms with van der Waals surface area (Å²) in [6.07, 6.45) is 1.82. The van der Waals surface area contributed by atoms with Crippen molar-refractivity contribution in [3.8, 4) is 5.75 Å². The Kier molecular flexibility index (Phi) is 4.96. The first-order valence-corrected chi connectivity index (χ1v) is 11.7. The maximum absolute atomic E-state index is 6.54. The zero-order chi connectivity index (χ0) is 22.1. The van der Waals surface area contributed by atoms with Crippen LogP contribution in [0, 0.1) is 0 Å². The van der Waals surface area contributed by atoms with Crippen molar-refractivity contribution in [1.82, 2.24) is 0 Å². The van der Waals surface area contributed by atoms with Crippen molar-refractivity contribution in [2.24, 2.45) is 0 Å². The monoisotopic (exact) mass is 426 g/mol. The van der Waals surface area contributed by atoms with Crippen molar-refractivity contribution in [2.45, 2.75) is 18.3 Å². The van der Waals surface area contributed by atoms with Gasteiger partial charge in [-0.3, -0.25) is 0 Å². The molecule has 0 aliphatic heterocycles. The molecule has 33 heavy (non-hydrogen) atoms. The average Bonchev–Trinajstić information content (AvgIpc) is 2.90. The maximum Gasteiger partial charge on any atom is 0.123 e. The highest BCUT2D eigenvalue weighted by Crippen LogP contribution is 2.43. The van der Waals surface area contributed by atoms with Crippen LogP contribution in [-0.4, -0.2) is 6.61 Å². The summed E-state index contributed by atoms with van der Waals surface area (Å²) in [6.45, 7) is 0.632. The minimum Gasteiger partial charge on any atom is -0.493 e. The van der Waals surface area contributed by atoms with Gasteiger partial charge in [0.25, 0.3) is 0 Å². The van der Waals surface area contributed by atoms with Gasteiger partial charge in [-0.25, -0.2) is 0 Å². The minimum atomic E-state index is -0.286. The molecule has 0 atom stereocenters. The summed E-state index contributed by atoms with van der Waals surface area (Å²) < 4.78 is 6.54. The molecule has 0 aromatic heterocycles. The highest BCUT2D eigenvalue weighted by Gasteiger charge is 2.36. The normalized spacial score (nSPS) is 12.4. The topological polar surface area (TPSA) is 9.23 Å². The van der Waals surface area contributed by atoms with Gasteiger partial charge < -0.3 is 4.74 Å². The predicted octanol–water partition coefficient (Wildman–Crippen LogP) is 7.55. The van der Waals surface area contributed by atoms with Crippen LogP contribution in [0.4, 0.5) is 0 Å². The van der Waals surface area contributed by atoms with E-state index < -0.39 is 0 Å². The van der Waals surface area contributed by atoms with Crippen molar-refractivity contribution >= 4 is 10.8 Å². The lowest BCUT2D eigenvalue weighted by atomic mass is 9.67. The van der Waals surface area contributed by atoms with E-state index >= 15 is 0 Å². The molecule has 2 aliphatic rings. The smallest absolute Gasteiger partial charge is 0.123 e. The third kappa shape index (κ3) is 3.41. The number of hydrogen-bond acceptors (Lipinski definition) is 1. The molecule has 0 saturated carbocycles. The Morgan fingerprint density at radius 2 is 1.18 bits per heavy atom. The van der Waals surface area contributed by atoms with E-state index in [1.807, 2.05) is 0 Å². The third-order valence-corrected chi connectivity index (χ3v) is 7.07. The van der Waals surface area contributed by atoms with Crippen LogP contribution in [0.15, 0.2) is 121 Å². The van der Waals surface area contributed by atoms with Crippen LogP contribution < -0.4 is 4.74 Å². The fraction of sp³-hybridized carbons (Fsp3) is 0.125. The SMILES string of the molecule is c1ccc(C(CCOc2ccc3cc4ccc3c2C4)(c2ccccc2)c2ccccc2)cc1. The number of fused-ring (bicyclic) bond motifs is 1. The third-order valence-electron chi connectivity index (χ3n) is 7.07. The van der Waals surface area contributed by atoms with E-state index in [1.165, 1.54) is 38.6 Å². The molecule has 0 amide bonds. The molecule has 7 rings (SSSR count). The molecule has 0 N–H and O–H groups in total. The first kappa shape index (κ1) is 19.8. The Morgan fingerprint density at radius 1 is 0.606 bits per heavy atom. The molecule has 1 nitrogen and oxygen atoms in total. The summed E-state index contributed by atoms with van der Waals surface area (Å²) in [5, 5.41) is 2.64. The highest BCUT2D eigenvalue weighted by molar-refractivity contribution is 5.91. The molecular weight excluding hydrogens is 400 g/mol. The quantitative estimate of drug-likeness (QED) is 0.240. The average molecular weight is 427 g/mol. The van der Waals surface area contributed by atoms with Gasteiger partial charge in [0.2, 0.25) is 0 Å². The molecule has 0 fully saturated rings. The van der Waals surface area contributed by atoms with Gasteiger partial charge in [-0.15, -0.1) is 0 Å². The van der Waals surface area contributed by atoms with Gasteiger partial charge in [0.15, 0.2) is 0 Å². The van der Waals surface area contributed by atoms with Gasteiger partial charge in [-0.2, -0.15) is 0 Å².